The molecular formula is C24H32N4O3S2. The Kier molecular flexibility index (Phi) is 9.12. The lowest BCUT2D eigenvalue weighted by atomic mass is 10.0. The summed E-state index contributed by atoms with van der Waals surface area (Å²) in [7, 11) is 0. The van der Waals surface area contributed by atoms with Crippen molar-refractivity contribution in [3.63, 3.8) is 0 Å². The number of carbonyl (C=O) groups is 1. The van der Waals surface area contributed by atoms with Gasteiger partial charge in [0.25, 0.3) is 11.5 Å². The maximum absolute atomic E-state index is 13.2. The molecule has 2 fully saturated rings. The molecule has 0 aromatic carbocycles. The Hall–Kier alpha value is -2.15. The van der Waals surface area contributed by atoms with Gasteiger partial charge in [0.15, 0.2) is 0 Å². The number of nitrogens with zero attached hydrogens (tertiary/aromatic N) is 4. The average Bonchev–Trinajstić information content (AvgIpc) is 2.97. The minimum atomic E-state index is -0.266. The van der Waals surface area contributed by atoms with Crippen molar-refractivity contribution < 1.29 is 9.53 Å². The van der Waals surface area contributed by atoms with Crippen LogP contribution in [-0.4, -0.2) is 52.5 Å². The molecule has 1 aromatic rings. The number of amides is 1. The normalized spacial score (nSPS) is 18.2. The highest BCUT2D eigenvalue weighted by atomic mass is 32.2. The Balaban J connectivity index is 2.07. The van der Waals surface area contributed by atoms with Crippen molar-refractivity contribution in [1.82, 2.24) is 9.47 Å². The van der Waals surface area contributed by atoms with Gasteiger partial charge in [-0.3, -0.25) is 19.1 Å². The topological polar surface area (TPSA) is 78.6 Å². The van der Waals surface area contributed by atoms with Crippen LogP contribution in [0.15, 0.2) is 9.70 Å². The summed E-state index contributed by atoms with van der Waals surface area (Å²) in [5, 5.41) is 9.72. The minimum Gasteiger partial charge on any atom is -0.382 e. The van der Waals surface area contributed by atoms with Crippen molar-refractivity contribution in [2.75, 3.05) is 37.7 Å². The molecule has 1 aromatic heterocycles. The van der Waals surface area contributed by atoms with Gasteiger partial charge in [-0.1, -0.05) is 36.8 Å². The van der Waals surface area contributed by atoms with E-state index < -0.39 is 0 Å². The average molecular weight is 489 g/mol. The number of rotatable bonds is 8. The second-order valence-corrected chi connectivity index (χ2v) is 9.86. The second kappa shape index (κ2) is 11.8. The third-order valence-electron chi connectivity index (χ3n) is 6.09. The van der Waals surface area contributed by atoms with Gasteiger partial charge in [-0.15, -0.1) is 0 Å². The van der Waals surface area contributed by atoms with Gasteiger partial charge in [-0.25, -0.2) is 0 Å². The van der Waals surface area contributed by atoms with Crippen LogP contribution in [0.3, 0.4) is 0 Å². The zero-order valence-corrected chi connectivity index (χ0v) is 21.3. The summed E-state index contributed by atoms with van der Waals surface area (Å²) in [6.07, 6.45) is 6.99. The Morgan fingerprint density at radius 3 is 2.48 bits per heavy atom. The molecule has 3 heterocycles. The van der Waals surface area contributed by atoms with Crippen LogP contribution in [0.4, 0.5) is 5.82 Å². The molecule has 0 atom stereocenters. The number of anilines is 1. The van der Waals surface area contributed by atoms with Gasteiger partial charge < -0.3 is 9.64 Å². The highest BCUT2D eigenvalue weighted by molar-refractivity contribution is 8.26. The zero-order chi connectivity index (χ0) is 24.0. The van der Waals surface area contributed by atoms with Gasteiger partial charge in [0.2, 0.25) is 0 Å². The molecule has 0 radical (unpaired) electrons. The Morgan fingerprint density at radius 1 is 1.18 bits per heavy atom. The van der Waals surface area contributed by atoms with E-state index in [1.54, 1.807) is 16.4 Å². The summed E-state index contributed by atoms with van der Waals surface area (Å²) in [6, 6.07) is 2.09. The van der Waals surface area contributed by atoms with Gasteiger partial charge in [0.05, 0.1) is 4.91 Å². The van der Waals surface area contributed by atoms with Gasteiger partial charge in [0, 0.05) is 45.0 Å². The number of hydrogen-bond donors (Lipinski definition) is 0. The van der Waals surface area contributed by atoms with E-state index in [1.165, 1.54) is 11.8 Å². The predicted molar refractivity (Wildman–Crippen MR) is 137 cm³/mol. The molecule has 0 aliphatic carbocycles. The van der Waals surface area contributed by atoms with E-state index in [4.69, 9.17) is 17.0 Å². The van der Waals surface area contributed by atoms with Crippen LogP contribution < -0.4 is 10.5 Å². The lowest BCUT2D eigenvalue weighted by Crippen LogP contribution is -2.35. The molecule has 9 heteroatoms. The maximum atomic E-state index is 13.2. The van der Waals surface area contributed by atoms with Crippen LogP contribution >= 0.6 is 24.0 Å². The number of nitriles is 1. The Morgan fingerprint density at radius 2 is 1.88 bits per heavy atom. The molecular weight excluding hydrogens is 456 g/mol. The fraction of sp³-hybridized carbons (Fsp3) is 0.583. The summed E-state index contributed by atoms with van der Waals surface area (Å²) in [4.78, 5) is 30.7. The number of ether oxygens (including phenoxy) is 1. The summed E-state index contributed by atoms with van der Waals surface area (Å²) >= 11 is 6.76. The molecule has 0 bridgehead atoms. The number of hydrogen-bond acceptors (Lipinski definition) is 7. The quantitative estimate of drug-likeness (QED) is 0.310. The minimum absolute atomic E-state index is 0.129. The van der Waals surface area contributed by atoms with E-state index >= 15 is 0 Å². The molecule has 0 N–H and O–H groups in total. The maximum Gasteiger partial charge on any atom is 0.270 e. The van der Waals surface area contributed by atoms with E-state index in [-0.39, 0.29) is 17.0 Å². The third kappa shape index (κ3) is 5.51. The van der Waals surface area contributed by atoms with Crippen LogP contribution in [0.1, 0.15) is 62.6 Å². The third-order valence-corrected chi connectivity index (χ3v) is 7.47. The summed E-state index contributed by atoms with van der Waals surface area (Å²) in [6.45, 7) is 9.56. The van der Waals surface area contributed by atoms with Crippen molar-refractivity contribution >= 4 is 46.1 Å². The first-order chi connectivity index (χ1) is 15.9. The molecule has 3 rings (SSSR count). The SMILES string of the molecule is CCOCCCN1C(=O)C(=Cc2c(C)c(C#N)c(=O)n(CC)c2N2CCCCCC2)SC1=S. The number of thiocarbonyl (C=S) groups is 1. The van der Waals surface area contributed by atoms with E-state index in [2.05, 4.69) is 11.0 Å². The van der Waals surface area contributed by atoms with E-state index in [0.29, 0.717) is 47.5 Å². The molecule has 33 heavy (non-hydrogen) atoms. The van der Waals surface area contributed by atoms with Gasteiger partial charge >= 0.3 is 0 Å². The van der Waals surface area contributed by atoms with Crippen molar-refractivity contribution in [1.29, 1.82) is 5.26 Å². The first-order valence-electron chi connectivity index (χ1n) is 11.7. The van der Waals surface area contributed by atoms with Gasteiger partial charge in [-0.2, -0.15) is 5.26 Å². The molecule has 0 unspecified atom stereocenters. The van der Waals surface area contributed by atoms with Crippen molar-refractivity contribution in [3.8, 4) is 6.07 Å². The monoisotopic (exact) mass is 488 g/mol. The molecule has 1 amide bonds. The van der Waals surface area contributed by atoms with Crippen LogP contribution in [0.5, 0.6) is 0 Å². The Bertz CT molecular complexity index is 1030. The lowest BCUT2D eigenvalue weighted by Gasteiger charge is -2.29. The van der Waals surface area contributed by atoms with Gasteiger partial charge in [-0.05, 0) is 51.7 Å². The summed E-state index contributed by atoms with van der Waals surface area (Å²) < 4.78 is 7.60. The van der Waals surface area contributed by atoms with E-state index in [1.807, 2.05) is 19.9 Å². The van der Waals surface area contributed by atoms with E-state index in [0.717, 1.165) is 50.2 Å². The predicted octanol–water partition coefficient (Wildman–Crippen LogP) is 4.06. The molecule has 0 spiro atoms. The number of carbonyl (C=O) groups excluding carboxylic acids is 1. The number of thioether (sulfide) groups is 1. The van der Waals surface area contributed by atoms with Crippen LogP contribution in [0, 0.1) is 18.3 Å². The number of pyridine rings is 1. The largest absolute Gasteiger partial charge is 0.382 e. The van der Waals surface area contributed by atoms with E-state index in [9.17, 15) is 14.9 Å². The summed E-state index contributed by atoms with van der Waals surface area (Å²) in [5.41, 5.74) is 1.25. The molecule has 2 aliphatic rings. The fourth-order valence-corrected chi connectivity index (χ4v) is 5.64. The standard InChI is InChI=1S/C24H32N4O3S2/c1-4-27-21(26-11-8-6-7-9-12-26)18(17(3)19(16-25)22(27)29)15-20-23(30)28(24(32)33-20)13-10-14-31-5-2/h15H,4-14H2,1-3H3. The van der Waals surface area contributed by atoms with Crippen LogP contribution in [0.2, 0.25) is 0 Å². The van der Waals surface area contributed by atoms with Crippen molar-refractivity contribution in [2.24, 2.45) is 0 Å². The summed E-state index contributed by atoms with van der Waals surface area (Å²) in [5.74, 6) is 0.679. The molecule has 7 nitrogen and oxygen atoms in total. The molecule has 178 valence electrons. The highest BCUT2D eigenvalue weighted by Crippen LogP contribution is 2.36. The fourth-order valence-electron chi connectivity index (χ4n) is 4.35. The molecule has 2 saturated heterocycles. The molecule has 0 saturated carbocycles. The Labute approximate surface area is 205 Å². The second-order valence-electron chi connectivity index (χ2n) is 8.18. The number of aromatic nitrogens is 1. The highest BCUT2D eigenvalue weighted by Gasteiger charge is 2.33. The smallest absolute Gasteiger partial charge is 0.270 e. The van der Waals surface area contributed by atoms with Crippen molar-refractivity contribution in [2.45, 2.75) is 59.4 Å². The van der Waals surface area contributed by atoms with Crippen molar-refractivity contribution in [3.05, 3.63) is 31.9 Å². The van der Waals surface area contributed by atoms with Crippen LogP contribution in [-0.2, 0) is 16.1 Å². The molecule has 2 aliphatic heterocycles. The first-order valence-corrected chi connectivity index (χ1v) is 12.9. The lowest BCUT2D eigenvalue weighted by molar-refractivity contribution is -0.122. The van der Waals surface area contributed by atoms with Crippen LogP contribution in [0.25, 0.3) is 6.08 Å². The first kappa shape index (κ1) is 25.5. The zero-order valence-electron chi connectivity index (χ0n) is 19.7. The van der Waals surface area contributed by atoms with Gasteiger partial charge in [0.1, 0.15) is 21.8 Å².